The third kappa shape index (κ3) is 1.67. The summed E-state index contributed by atoms with van der Waals surface area (Å²) in [5, 5.41) is 0. The van der Waals surface area contributed by atoms with Crippen molar-refractivity contribution in [1.82, 2.24) is 9.97 Å². The molecule has 2 heterocycles. The van der Waals surface area contributed by atoms with Crippen molar-refractivity contribution in [2.45, 2.75) is 19.3 Å². The highest BCUT2D eigenvalue weighted by Gasteiger charge is 2.37. The van der Waals surface area contributed by atoms with Crippen LogP contribution in [0.25, 0.3) is 11.0 Å². The number of hydrogen-bond donors (Lipinski definition) is 0. The highest BCUT2D eigenvalue weighted by molar-refractivity contribution is 5.81. The molecule has 1 aliphatic heterocycles. The van der Waals surface area contributed by atoms with Gasteiger partial charge in [-0.25, -0.2) is 14.4 Å². The van der Waals surface area contributed by atoms with Crippen molar-refractivity contribution in [2.75, 3.05) is 11.9 Å². The van der Waals surface area contributed by atoms with Crippen molar-refractivity contribution < 1.29 is 4.39 Å². The average molecular weight is 293 g/mol. The standard InChI is InChI=1S/C18H16FN3/c1-18(2)12-6-4-5-7-15(12)22(3)17-16(18)20-14-10-11(19)8-9-13(14)21-17/h4-10H,1-3H3. The van der Waals surface area contributed by atoms with Crippen LogP contribution in [0.15, 0.2) is 42.5 Å². The van der Waals surface area contributed by atoms with Gasteiger partial charge >= 0.3 is 0 Å². The molecule has 0 fully saturated rings. The van der Waals surface area contributed by atoms with E-state index in [1.807, 2.05) is 19.2 Å². The third-order valence-corrected chi connectivity index (χ3v) is 4.46. The molecule has 0 spiro atoms. The minimum absolute atomic E-state index is 0.272. The molecule has 0 atom stereocenters. The van der Waals surface area contributed by atoms with Crippen LogP contribution < -0.4 is 4.90 Å². The van der Waals surface area contributed by atoms with Gasteiger partial charge in [-0.2, -0.15) is 0 Å². The molecule has 0 saturated carbocycles. The lowest BCUT2D eigenvalue weighted by Crippen LogP contribution is -2.32. The SMILES string of the molecule is CN1c2ccccc2C(C)(C)c2nc3cc(F)ccc3nc21. The van der Waals surface area contributed by atoms with Crippen LogP contribution in [0.1, 0.15) is 25.1 Å². The summed E-state index contributed by atoms with van der Waals surface area (Å²) in [6.45, 7) is 4.27. The Labute approximate surface area is 128 Å². The first-order chi connectivity index (χ1) is 10.5. The Kier molecular flexibility index (Phi) is 2.55. The maximum Gasteiger partial charge on any atom is 0.156 e. The summed E-state index contributed by atoms with van der Waals surface area (Å²) in [7, 11) is 2.00. The Balaban J connectivity index is 2.07. The summed E-state index contributed by atoms with van der Waals surface area (Å²) in [6, 6.07) is 12.8. The van der Waals surface area contributed by atoms with Crippen LogP contribution in [0.4, 0.5) is 15.9 Å². The van der Waals surface area contributed by atoms with Crippen LogP contribution in [0.5, 0.6) is 0 Å². The Hall–Kier alpha value is -2.49. The normalized spacial score (nSPS) is 15.5. The molecule has 4 rings (SSSR count). The molecule has 0 saturated heterocycles. The van der Waals surface area contributed by atoms with Crippen LogP contribution in [-0.2, 0) is 5.41 Å². The molecule has 2 aromatic carbocycles. The summed E-state index contributed by atoms with van der Waals surface area (Å²) >= 11 is 0. The molecule has 4 heteroatoms. The molecule has 1 aromatic heterocycles. The lowest BCUT2D eigenvalue weighted by Gasteiger charge is -2.38. The fourth-order valence-corrected chi connectivity index (χ4v) is 3.21. The fourth-order valence-electron chi connectivity index (χ4n) is 3.21. The van der Waals surface area contributed by atoms with Gasteiger partial charge in [-0.3, -0.25) is 0 Å². The van der Waals surface area contributed by atoms with E-state index < -0.39 is 0 Å². The monoisotopic (exact) mass is 293 g/mol. The number of rotatable bonds is 0. The van der Waals surface area contributed by atoms with Gasteiger partial charge in [-0.05, 0) is 37.6 Å². The molecular formula is C18H16FN3. The van der Waals surface area contributed by atoms with E-state index in [2.05, 4.69) is 30.9 Å². The number of halogens is 1. The number of fused-ring (bicyclic) bond motifs is 3. The molecule has 22 heavy (non-hydrogen) atoms. The number of para-hydroxylation sites is 1. The predicted molar refractivity (Wildman–Crippen MR) is 86.1 cm³/mol. The third-order valence-electron chi connectivity index (χ3n) is 4.46. The minimum Gasteiger partial charge on any atom is -0.328 e. The Morgan fingerprint density at radius 1 is 1.00 bits per heavy atom. The molecule has 3 nitrogen and oxygen atoms in total. The molecule has 0 N–H and O–H groups in total. The maximum absolute atomic E-state index is 13.5. The number of anilines is 2. The van der Waals surface area contributed by atoms with E-state index in [4.69, 9.17) is 9.97 Å². The first-order valence-electron chi connectivity index (χ1n) is 7.29. The van der Waals surface area contributed by atoms with Crippen molar-refractivity contribution in [2.24, 2.45) is 0 Å². The van der Waals surface area contributed by atoms with E-state index in [-0.39, 0.29) is 11.2 Å². The largest absolute Gasteiger partial charge is 0.328 e. The van der Waals surface area contributed by atoms with E-state index in [1.54, 1.807) is 6.07 Å². The zero-order valence-electron chi connectivity index (χ0n) is 12.8. The van der Waals surface area contributed by atoms with Gasteiger partial charge in [0.05, 0.1) is 16.7 Å². The summed E-state index contributed by atoms with van der Waals surface area (Å²) in [5.74, 6) is 0.548. The number of benzene rings is 2. The number of hydrogen-bond acceptors (Lipinski definition) is 3. The zero-order valence-corrected chi connectivity index (χ0v) is 12.8. The molecular weight excluding hydrogens is 277 g/mol. The smallest absolute Gasteiger partial charge is 0.156 e. The van der Waals surface area contributed by atoms with Gasteiger partial charge in [0, 0.05) is 24.2 Å². The quantitative estimate of drug-likeness (QED) is 0.622. The first kappa shape index (κ1) is 13.2. The number of nitrogens with zero attached hydrogens (tertiary/aromatic N) is 3. The molecule has 0 amide bonds. The van der Waals surface area contributed by atoms with Gasteiger partial charge in [0.1, 0.15) is 5.82 Å². The minimum atomic E-state index is -0.288. The highest BCUT2D eigenvalue weighted by Crippen LogP contribution is 2.46. The predicted octanol–water partition coefficient (Wildman–Crippen LogP) is 4.18. The topological polar surface area (TPSA) is 29.0 Å². The fraction of sp³-hybridized carbons (Fsp3) is 0.222. The van der Waals surface area contributed by atoms with Gasteiger partial charge in [0.25, 0.3) is 0 Å². The second-order valence-corrected chi connectivity index (χ2v) is 6.23. The van der Waals surface area contributed by atoms with Crippen molar-refractivity contribution in [3.05, 3.63) is 59.5 Å². The van der Waals surface area contributed by atoms with Crippen LogP contribution in [-0.4, -0.2) is 17.0 Å². The van der Waals surface area contributed by atoms with Crippen LogP contribution >= 0.6 is 0 Å². The molecule has 0 radical (unpaired) electrons. The van der Waals surface area contributed by atoms with Crippen LogP contribution in [0, 0.1) is 5.82 Å². The lowest BCUT2D eigenvalue weighted by atomic mass is 9.77. The zero-order chi connectivity index (χ0) is 15.5. The van der Waals surface area contributed by atoms with E-state index >= 15 is 0 Å². The van der Waals surface area contributed by atoms with Crippen molar-refractivity contribution in [3.8, 4) is 0 Å². The van der Waals surface area contributed by atoms with Gasteiger partial charge in [-0.1, -0.05) is 18.2 Å². The Bertz CT molecular complexity index is 902. The Morgan fingerprint density at radius 3 is 2.59 bits per heavy atom. The second-order valence-electron chi connectivity index (χ2n) is 6.23. The Morgan fingerprint density at radius 2 is 1.77 bits per heavy atom. The lowest BCUT2D eigenvalue weighted by molar-refractivity contribution is 0.603. The van der Waals surface area contributed by atoms with Crippen molar-refractivity contribution in [1.29, 1.82) is 0 Å². The first-order valence-corrected chi connectivity index (χ1v) is 7.29. The van der Waals surface area contributed by atoms with Crippen LogP contribution in [0.3, 0.4) is 0 Å². The van der Waals surface area contributed by atoms with Crippen molar-refractivity contribution in [3.63, 3.8) is 0 Å². The highest BCUT2D eigenvalue weighted by atomic mass is 19.1. The van der Waals surface area contributed by atoms with Gasteiger partial charge in [-0.15, -0.1) is 0 Å². The molecule has 0 bridgehead atoms. The van der Waals surface area contributed by atoms with E-state index in [0.717, 1.165) is 17.2 Å². The second kappa shape index (κ2) is 4.26. The summed E-state index contributed by atoms with van der Waals surface area (Å²) in [6.07, 6.45) is 0. The maximum atomic E-state index is 13.5. The van der Waals surface area contributed by atoms with Crippen molar-refractivity contribution >= 4 is 22.5 Å². The molecule has 110 valence electrons. The van der Waals surface area contributed by atoms with Gasteiger partial charge in [0.15, 0.2) is 5.82 Å². The molecule has 3 aromatic rings. The van der Waals surface area contributed by atoms with Gasteiger partial charge < -0.3 is 4.90 Å². The average Bonchev–Trinajstić information content (AvgIpc) is 2.52. The summed E-state index contributed by atoms with van der Waals surface area (Å²) < 4.78 is 13.5. The molecule has 0 unspecified atom stereocenters. The number of aromatic nitrogens is 2. The van der Waals surface area contributed by atoms with E-state index in [0.29, 0.717) is 11.0 Å². The van der Waals surface area contributed by atoms with Gasteiger partial charge in [0.2, 0.25) is 0 Å². The molecule has 1 aliphatic rings. The van der Waals surface area contributed by atoms with E-state index in [1.165, 1.54) is 17.7 Å². The molecule has 0 aliphatic carbocycles. The summed E-state index contributed by atoms with van der Waals surface area (Å²) in [4.78, 5) is 11.5. The van der Waals surface area contributed by atoms with Crippen LogP contribution in [0.2, 0.25) is 0 Å². The summed E-state index contributed by atoms with van der Waals surface area (Å²) in [5.41, 5.74) is 4.26. The van der Waals surface area contributed by atoms with E-state index in [9.17, 15) is 4.39 Å².